The SMILES string of the molecule is CCCCCCCCCCCCCCCCCCC(C)(CCCN)O[Si](Cl)(OC)OCC. The molecule has 2 unspecified atom stereocenters. The molecule has 0 saturated heterocycles. The minimum atomic E-state index is -3.09. The third-order valence-electron chi connectivity index (χ3n) is 6.40. The van der Waals surface area contributed by atoms with Crippen molar-refractivity contribution in [2.75, 3.05) is 20.3 Å². The molecule has 0 aliphatic carbocycles. The van der Waals surface area contributed by atoms with Crippen molar-refractivity contribution in [3.63, 3.8) is 0 Å². The van der Waals surface area contributed by atoms with Crippen LogP contribution in [0.4, 0.5) is 0 Å². The Bertz CT molecular complexity index is 405. The second-order valence-corrected chi connectivity index (χ2v) is 12.9. The van der Waals surface area contributed by atoms with Gasteiger partial charge in [-0.2, -0.15) is 0 Å². The van der Waals surface area contributed by atoms with Crippen molar-refractivity contribution in [3.05, 3.63) is 0 Å². The number of halogens is 1. The average Bonchev–Trinajstić information content (AvgIpc) is 2.77. The van der Waals surface area contributed by atoms with Crippen LogP contribution in [-0.4, -0.2) is 34.0 Å². The van der Waals surface area contributed by atoms with Gasteiger partial charge in [0, 0.05) is 13.7 Å². The van der Waals surface area contributed by atoms with Gasteiger partial charge in [0.15, 0.2) is 0 Å². The molecule has 2 N–H and O–H groups in total. The van der Waals surface area contributed by atoms with Gasteiger partial charge < -0.3 is 19.0 Å². The fourth-order valence-electron chi connectivity index (χ4n) is 4.35. The first-order valence-electron chi connectivity index (χ1n) is 13.7. The second-order valence-electron chi connectivity index (χ2n) is 9.62. The van der Waals surface area contributed by atoms with E-state index >= 15 is 0 Å². The average molecular weight is 494 g/mol. The number of rotatable bonds is 25. The topological polar surface area (TPSA) is 53.7 Å². The summed E-state index contributed by atoms with van der Waals surface area (Å²) < 4.78 is 17.3. The largest absolute Gasteiger partial charge is 0.613 e. The molecule has 4 nitrogen and oxygen atoms in total. The minimum absolute atomic E-state index is 0.325. The molecule has 6 heteroatoms. The molecule has 0 aromatic carbocycles. The van der Waals surface area contributed by atoms with Crippen LogP contribution in [0.2, 0.25) is 0 Å². The van der Waals surface area contributed by atoms with E-state index in [1.807, 2.05) is 6.92 Å². The molecular formula is C26H56ClNO3Si. The van der Waals surface area contributed by atoms with Gasteiger partial charge in [0.1, 0.15) is 0 Å². The summed E-state index contributed by atoms with van der Waals surface area (Å²) >= 11 is 6.50. The molecule has 0 spiro atoms. The lowest BCUT2D eigenvalue weighted by Crippen LogP contribution is -2.47. The fraction of sp³-hybridized carbons (Fsp3) is 1.00. The van der Waals surface area contributed by atoms with E-state index in [1.54, 1.807) is 7.11 Å². The molecule has 0 radical (unpaired) electrons. The monoisotopic (exact) mass is 493 g/mol. The number of nitrogens with two attached hydrogens (primary N) is 1. The molecule has 0 saturated carbocycles. The lowest BCUT2D eigenvalue weighted by Gasteiger charge is -2.35. The summed E-state index contributed by atoms with van der Waals surface area (Å²) in [6, 6.07) is 0. The Morgan fingerprint density at radius 2 is 1.09 bits per heavy atom. The Morgan fingerprint density at radius 1 is 0.688 bits per heavy atom. The zero-order valence-electron chi connectivity index (χ0n) is 22.0. The number of hydrogen-bond acceptors (Lipinski definition) is 4. The van der Waals surface area contributed by atoms with Crippen molar-refractivity contribution in [2.24, 2.45) is 5.73 Å². The van der Waals surface area contributed by atoms with E-state index < -0.39 is 8.11 Å². The summed E-state index contributed by atoms with van der Waals surface area (Å²) in [6.45, 7) is 7.50. The minimum Gasteiger partial charge on any atom is -0.365 e. The molecule has 0 bridgehead atoms. The molecule has 0 amide bonds. The maximum Gasteiger partial charge on any atom is 0.613 e. The van der Waals surface area contributed by atoms with E-state index in [0.29, 0.717) is 13.2 Å². The van der Waals surface area contributed by atoms with E-state index in [0.717, 1.165) is 25.7 Å². The van der Waals surface area contributed by atoms with Crippen LogP contribution in [0.3, 0.4) is 0 Å². The van der Waals surface area contributed by atoms with Crippen LogP contribution in [0, 0.1) is 0 Å². The van der Waals surface area contributed by atoms with Gasteiger partial charge in [0.25, 0.3) is 0 Å². The second kappa shape index (κ2) is 21.9. The van der Waals surface area contributed by atoms with Crippen molar-refractivity contribution in [2.45, 2.75) is 148 Å². The maximum atomic E-state index is 6.50. The van der Waals surface area contributed by atoms with Crippen LogP contribution in [0.1, 0.15) is 143 Å². The molecule has 32 heavy (non-hydrogen) atoms. The Hall–Kier alpha value is 0.347. The van der Waals surface area contributed by atoms with Crippen molar-refractivity contribution < 1.29 is 13.3 Å². The predicted octanol–water partition coefficient (Wildman–Crippen LogP) is 8.51. The summed E-state index contributed by atoms with van der Waals surface area (Å²) in [6.07, 6.45) is 24.9. The predicted molar refractivity (Wildman–Crippen MR) is 142 cm³/mol. The van der Waals surface area contributed by atoms with Gasteiger partial charge in [-0.15, -0.1) is 0 Å². The van der Waals surface area contributed by atoms with Crippen LogP contribution < -0.4 is 5.73 Å². The van der Waals surface area contributed by atoms with Crippen LogP contribution in [-0.2, 0) is 13.3 Å². The van der Waals surface area contributed by atoms with Gasteiger partial charge in [0.2, 0.25) is 0 Å². The first kappa shape index (κ1) is 32.3. The summed E-state index contributed by atoms with van der Waals surface area (Å²) in [5, 5.41) is 0. The lowest BCUT2D eigenvalue weighted by atomic mass is 9.93. The lowest BCUT2D eigenvalue weighted by molar-refractivity contribution is -0.0111. The van der Waals surface area contributed by atoms with Crippen molar-refractivity contribution in [1.82, 2.24) is 0 Å². The molecular weight excluding hydrogens is 438 g/mol. The Morgan fingerprint density at radius 3 is 1.47 bits per heavy atom. The first-order valence-corrected chi connectivity index (χ1v) is 16.5. The normalized spacial score (nSPS) is 15.6. The van der Waals surface area contributed by atoms with Crippen molar-refractivity contribution >= 4 is 19.2 Å². The van der Waals surface area contributed by atoms with Crippen LogP contribution >= 0.6 is 11.1 Å². The quantitative estimate of drug-likeness (QED) is 0.0786. The standard InChI is InChI=1S/C26H56ClNO3Si/c1-5-7-8-9-10-11-12-13-14-15-16-17-18-19-20-21-23-26(3,24-22-25-28)31-32(27,29-4)30-6-2/h5-25,28H2,1-4H3. The molecule has 0 rings (SSSR count). The van der Waals surface area contributed by atoms with Gasteiger partial charge >= 0.3 is 8.11 Å². The summed E-state index contributed by atoms with van der Waals surface area (Å²) in [4.78, 5) is 0. The number of hydrogen-bond donors (Lipinski definition) is 1. The van der Waals surface area contributed by atoms with E-state index in [4.69, 9.17) is 30.1 Å². The zero-order chi connectivity index (χ0) is 24.0. The highest BCUT2D eigenvalue weighted by Crippen LogP contribution is 2.31. The Kier molecular flexibility index (Phi) is 22.1. The van der Waals surface area contributed by atoms with E-state index in [1.165, 1.54) is 96.3 Å². The molecule has 194 valence electrons. The molecule has 0 aromatic rings. The van der Waals surface area contributed by atoms with Crippen LogP contribution in [0.25, 0.3) is 0 Å². The van der Waals surface area contributed by atoms with Crippen molar-refractivity contribution in [3.8, 4) is 0 Å². The van der Waals surface area contributed by atoms with E-state index in [2.05, 4.69) is 13.8 Å². The van der Waals surface area contributed by atoms with Crippen molar-refractivity contribution in [1.29, 1.82) is 0 Å². The summed E-state index contributed by atoms with van der Waals surface area (Å²) in [5.41, 5.74) is 5.42. The molecule has 0 aliphatic heterocycles. The van der Waals surface area contributed by atoms with Gasteiger partial charge in [-0.25, -0.2) is 0 Å². The van der Waals surface area contributed by atoms with Crippen LogP contribution in [0.15, 0.2) is 0 Å². The molecule has 0 aliphatic rings. The van der Waals surface area contributed by atoms with Gasteiger partial charge in [-0.3, -0.25) is 0 Å². The Labute approximate surface area is 206 Å². The van der Waals surface area contributed by atoms with E-state index in [-0.39, 0.29) is 5.60 Å². The van der Waals surface area contributed by atoms with Gasteiger partial charge in [-0.05, 0) is 39.7 Å². The maximum absolute atomic E-state index is 6.50. The summed E-state index contributed by atoms with van der Waals surface area (Å²) in [5.74, 6) is 0. The fourth-order valence-corrected chi connectivity index (χ4v) is 6.63. The van der Waals surface area contributed by atoms with E-state index in [9.17, 15) is 0 Å². The highest BCUT2D eigenvalue weighted by atomic mass is 35.6. The smallest absolute Gasteiger partial charge is 0.365 e. The Balaban J connectivity index is 3.79. The number of unbranched alkanes of at least 4 members (excludes halogenated alkanes) is 15. The summed E-state index contributed by atoms with van der Waals surface area (Å²) in [7, 11) is -1.51. The third kappa shape index (κ3) is 18.7. The third-order valence-corrected chi connectivity index (χ3v) is 9.28. The first-order chi connectivity index (χ1) is 15.4. The molecule has 2 atom stereocenters. The molecule has 0 heterocycles. The van der Waals surface area contributed by atoms with Crippen LogP contribution in [0.5, 0.6) is 0 Å². The van der Waals surface area contributed by atoms with Gasteiger partial charge in [-0.1, -0.05) is 121 Å². The van der Waals surface area contributed by atoms with Gasteiger partial charge in [0.05, 0.1) is 5.60 Å². The highest BCUT2D eigenvalue weighted by molar-refractivity contribution is 7.09. The molecule has 0 aromatic heterocycles. The highest BCUT2D eigenvalue weighted by Gasteiger charge is 2.45. The zero-order valence-corrected chi connectivity index (χ0v) is 23.8. The molecule has 0 fully saturated rings.